The van der Waals surface area contributed by atoms with Gasteiger partial charge in [-0.25, -0.2) is 4.79 Å². The maximum atomic E-state index is 13.4. The van der Waals surface area contributed by atoms with Crippen LogP contribution < -0.4 is 5.56 Å². The molecule has 0 spiro atoms. The fourth-order valence-electron chi connectivity index (χ4n) is 3.58. The van der Waals surface area contributed by atoms with E-state index in [1.54, 1.807) is 13.0 Å². The summed E-state index contributed by atoms with van der Waals surface area (Å²) < 4.78 is 3.35. The molecule has 0 amide bonds. The first kappa shape index (κ1) is 19.8. The van der Waals surface area contributed by atoms with Crippen LogP contribution in [0, 0.1) is 18.3 Å². The number of imidazole rings is 1. The molecule has 0 atom stereocenters. The van der Waals surface area contributed by atoms with Crippen molar-refractivity contribution in [3.63, 3.8) is 0 Å². The van der Waals surface area contributed by atoms with Crippen LogP contribution in [0.1, 0.15) is 21.5 Å². The highest BCUT2D eigenvalue weighted by Gasteiger charge is 2.21. The van der Waals surface area contributed by atoms with Gasteiger partial charge in [-0.2, -0.15) is 10.4 Å². The molecule has 0 radical (unpaired) electrons. The van der Waals surface area contributed by atoms with Crippen LogP contribution in [0.5, 0.6) is 0 Å². The van der Waals surface area contributed by atoms with E-state index in [2.05, 4.69) is 22.9 Å². The number of hydrogen-bond acceptors (Lipinski definition) is 5. The van der Waals surface area contributed by atoms with E-state index < -0.39 is 11.5 Å². The smallest absolute Gasteiger partial charge is 0.335 e. The Morgan fingerprint density at radius 3 is 2.45 bits per heavy atom. The van der Waals surface area contributed by atoms with Gasteiger partial charge in [-0.1, -0.05) is 18.2 Å². The monoisotopic (exact) mass is 411 g/mol. The highest BCUT2D eigenvalue weighted by molar-refractivity contribution is 5.88. The van der Waals surface area contributed by atoms with Gasteiger partial charge >= 0.3 is 5.97 Å². The van der Waals surface area contributed by atoms with E-state index in [-0.39, 0.29) is 11.3 Å². The number of benzene rings is 2. The molecule has 8 nitrogen and oxygen atoms in total. The molecule has 0 saturated carbocycles. The van der Waals surface area contributed by atoms with Gasteiger partial charge in [0.05, 0.1) is 27.8 Å². The number of aromatic nitrogens is 2. The zero-order valence-corrected chi connectivity index (χ0v) is 16.6. The summed E-state index contributed by atoms with van der Waals surface area (Å²) in [5.41, 5.74) is 2.86. The van der Waals surface area contributed by atoms with E-state index >= 15 is 0 Å². The molecule has 2 heterocycles. The van der Waals surface area contributed by atoms with Crippen LogP contribution in [-0.4, -0.2) is 20.0 Å². The first-order valence-electron chi connectivity index (χ1n) is 9.40. The van der Waals surface area contributed by atoms with Gasteiger partial charge in [-0.3, -0.25) is 9.20 Å². The molecule has 2 aromatic heterocycles. The lowest BCUT2D eigenvalue weighted by Crippen LogP contribution is -2.16. The van der Waals surface area contributed by atoms with Crippen molar-refractivity contribution in [1.82, 2.24) is 8.97 Å². The minimum atomic E-state index is -1.04. The second-order valence-electron chi connectivity index (χ2n) is 6.86. The fourth-order valence-corrected chi connectivity index (χ4v) is 3.58. The summed E-state index contributed by atoms with van der Waals surface area (Å²) in [5, 5.41) is 27.1. The number of carbonyl (C=O) groups is 1. The molecule has 31 heavy (non-hydrogen) atoms. The number of fused-ring (bicyclic) bond motifs is 3. The fraction of sp³-hybridized carbons (Fsp3) is 0.0870. The summed E-state index contributed by atoms with van der Waals surface area (Å²) in [5.74, 6) is -1.04. The van der Waals surface area contributed by atoms with Crippen LogP contribution in [0.3, 0.4) is 0 Å². The van der Waals surface area contributed by atoms with Crippen LogP contribution in [-0.2, 0) is 6.54 Å². The molecule has 1 N–H and O–H groups in total. The minimum Gasteiger partial charge on any atom is -0.478 e. The quantitative estimate of drug-likeness (QED) is 0.378. The molecule has 0 bridgehead atoms. The molecule has 0 saturated heterocycles. The number of pyridine rings is 1. The van der Waals surface area contributed by atoms with Crippen molar-refractivity contribution in [2.75, 3.05) is 0 Å². The number of azo groups is 1. The maximum Gasteiger partial charge on any atom is 0.335 e. The second-order valence-corrected chi connectivity index (χ2v) is 6.86. The molecule has 4 aromatic rings. The Labute approximate surface area is 176 Å². The minimum absolute atomic E-state index is 0.0536. The maximum absolute atomic E-state index is 13.4. The third-order valence-corrected chi connectivity index (χ3v) is 5.04. The third-order valence-electron chi connectivity index (χ3n) is 5.04. The molecular formula is C23H17N5O3. The van der Waals surface area contributed by atoms with Crippen LogP contribution >= 0.6 is 0 Å². The molecule has 0 aliphatic heterocycles. The molecule has 0 fully saturated rings. The van der Waals surface area contributed by atoms with Crippen molar-refractivity contribution in [3.05, 3.63) is 88.2 Å². The summed E-state index contributed by atoms with van der Waals surface area (Å²) in [6.07, 6.45) is 1.71. The zero-order chi connectivity index (χ0) is 22.1. The van der Waals surface area contributed by atoms with Crippen molar-refractivity contribution in [2.45, 2.75) is 13.5 Å². The van der Waals surface area contributed by atoms with Crippen molar-refractivity contribution in [3.8, 4) is 6.07 Å². The number of allylic oxidation sites excluding steroid dienone is 1. The average molecular weight is 411 g/mol. The molecule has 0 aliphatic carbocycles. The van der Waals surface area contributed by atoms with Crippen molar-refractivity contribution in [1.29, 1.82) is 5.26 Å². The van der Waals surface area contributed by atoms with E-state index in [9.17, 15) is 14.9 Å². The molecule has 0 aliphatic rings. The summed E-state index contributed by atoms with van der Waals surface area (Å²) in [6.45, 7) is 5.88. The second kappa shape index (κ2) is 7.72. The predicted molar refractivity (Wildman–Crippen MR) is 116 cm³/mol. The molecular weight excluding hydrogens is 394 g/mol. The highest BCUT2D eigenvalue weighted by Crippen LogP contribution is 2.28. The SMILES string of the molecule is C=CCn1c2ccccc2n2c(=O)c(N=Nc3ccc(C(=O)O)cc3)c(C)c(C#N)c12. The summed E-state index contributed by atoms with van der Waals surface area (Å²) in [6, 6.07) is 15.4. The third kappa shape index (κ3) is 3.18. The molecule has 8 heteroatoms. The van der Waals surface area contributed by atoms with Gasteiger partial charge in [0.1, 0.15) is 11.7 Å². The Balaban J connectivity index is 1.98. The Hall–Kier alpha value is -4.51. The first-order chi connectivity index (χ1) is 15.0. The van der Waals surface area contributed by atoms with Gasteiger partial charge in [0, 0.05) is 12.1 Å². The number of aromatic carboxylic acids is 1. The number of para-hydroxylation sites is 2. The highest BCUT2D eigenvalue weighted by atomic mass is 16.4. The molecule has 4 rings (SSSR count). The Bertz CT molecular complexity index is 1480. The van der Waals surface area contributed by atoms with Crippen LogP contribution in [0.4, 0.5) is 11.4 Å². The number of nitriles is 1. The van der Waals surface area contributed by atoms with Crippen LogP contribution in [0.2, 0.25) is 0 Å². The predicted octanol–water partition coefficient (Wildman–Crippen LogP) is 4.73. The van der Waals surface area contributed by atoms with Crippen molar-refractivity contribution < 1.29 is 9.90 Å². The number of rotatable bonds is 5. The molecule has 2 aromatic carbocycles. The first-order valence-corrected chi connectivity index (χ1v) is 9.40. The van der Waals surface area contributed by atoms with Gasteiger partial charge in [0.25, 0.3) is 5.56 Å². The van der Waals surface area contributed by atoms with Crippen LogP contribution in [0.25, 0.3) is 16.7 Å². The zero-order valence-electron chi connectivity index (χ0n) is 16.6. The number of hydrogen-bond donors (Lipinski definition) is 1. The molecule has 152 valence electrons. The Kier molecular flexibility index (Phi) is 4.93. The Morgan fingerprint density at radius 1 is 1.16 bits per heavy atom. The molecule has 0 unspecified atom stereocenters. The number of nitrogens with zero attached hydrogens (tertiary/aromatic N) is 5. The summed E-state index contributed by atoms with van der Waals surface area (Å²) in [7, 11) is 0. The van der Waals surface area contributed by atoms with Gasteiger partial charge in [0.15, 0.2) is 5.69 Å². The lowest BCUT2D eigenvalue weighted by molar-refractivity contribution is 0.0697. The van der Waals surface area contributed by atoms with Crippen molar-refractivity contribution in [2.24, 2.45) is 10.2 Å². The van der Waals surface area contributed by atoms with Gasteiger partial charge in [0.2, 0.25) is 0 Å². The topological polar surface area (TPSA) is 112 Å². The number of carboxylic acid groups (broad SMARTS) is 1. The normalized spacial score (nSPS) is 11.2. The average Bonchev–Trinajstić information content (AvgIpc) is 3.09. The lowest BCUT2D eigenvalue weighted by atomic mass is 10.1. The van der Waals surface area contributed by atoms with Crippen molar-refractivity contribution >= 4 is 34.0 Å². The van der Waals surface area contributed by atoms with Crippen LogP contribution in [0.15, 0.2) is 76.2 Å². The van der Waals surface area contributed by atoms with Gasteiger partial charge in [-0.05, 0) is 43.3 Å². The summed E-state index contributed by atoms with van der Waals surface area (Å²) >= 11 is 0. The van der Waals surface area contributed by atoms with Gasteiger partial charge in [-0.15, -0.1) is 11.7 Å². The van der Waals surface area contributed by atoms with E-state index in [1.807, 2.05) is 28.8 Å². The van der Waals surface area contributed by atoms with E-state index in [0.717, 1.165) is 5.52 Å². The van der Waals surface area contributed by atoms with E-state index in [1.165, 1.54) is 28.7 Å². The van der Waals surface area contributed by atoms with Gasteiger partial charge < -0.3 is 9.67 Å². The lowest BCUT2D eigenvalue weighted by Gasteiger charge is -2.08. The number of carboxylic acids is 1. The largest absolute Gasteiger partial charge is 0.478 e. The Morgan fingerprint density at radius 2 is 1.84 bits per heavy atom. The standard InChI is InChI=1S/C23H17N5O3/c1-3-12-27-18-6-4-5-7-19(18)28-21(27)17(13-24)14(2)20(22(28)29)26-25-16-10-8-15(9-11-16)23(30)31/h3-11H,1,12H2,2H3,(H,30,31). The van der Waals surface area contributed by atoms with E-state index in [0.29, 0.717) is 34.5 Å². The summed E-state index contributed by atoms with van der Waals surface area (Å²) in [4.78, 5) is 24.4. The van der Waals surface area contributed by atoms with E-state index in [4.69, 9.17) is 5.11 Å².